The van der Waals surface area contributed by atoms with E-state index in [0.717, 1.165) is 12.8 Å². The normalized spacial score (nSPS) is 28.7. The van der Waals surface area contributed by atoms with E-state index in [1.807, 2.05) is 0 Å². The first-order valence-electron chi connectivity index (χ1n) is 10.1. The van der Waals surface area contributed by atoms with E-state index in [4.69, 9.17) is 11.5 Å². The van der Waals surface area contributed by atoms with Crippen LogP contribution < -0.4 is 22.7 Å². The van der Waals surface area contributed by atoms with Crippen molar-refractivity contribution in [2.24, 2.45) is 17.4 Å². The third kappa shape index (κ3) is 3.58. The van der Waals surface area contributed by atoms with Gasteiger partial charge in [0.25, 0.3) is 5.56 Å². The van der Waals surface area contributed by atoms with E-state index in [0.29, 0.717) is 18.7 Å². The smallest absolute Gasteiger partial charge is 0.390 e. The Balaban J connectivity index is 1.68. The molecule has 1 saturated heterocycles. The minimum Gasteiger partial charge on any atom is -0.396 e. The summed E-state index contributed by atoms with van der Waals surface area (Å²) in [4.78, 5) is 28.8. The summed E-state index contributed by atoms with van der Waals surface area (Å²) in [7, 11) is 0. The molecule has 0 aromatic carbocycles. The summed E-state index contributed by atoms with van der Waals surface area (Å²) in [6.07, 6.45) is -3.49. The van der Waals surface area contributed by atoms with Crippen LogP contribution in [-0.2, 0) is 0 Å². The molecule has 1 saturated carbocycles. The highest BCUT2D eigenvalue weighted by molar-refractivity contribution is 5.70. The first-order chi connectivity index (χ1) is 14.0. The lowest BCUT2D eigenvalue weighted by atomic mass is 9.85. The van der Waals surface area contributed by atoms with Crippen molar-refractivity contribution in [3.63, 3.8) is 0 Å². The monoisotopic (exact) mass is 431 g/mol. The summed E-state index contributed by atoms with van der Waals surface area (Å²) in [5, 5.41) is 0. The Hall–Kier alpha value is -2.14. The second-order valence-corrected chi connectivity index (χ2v) is 8.64. The molecule has 166 valence electrons. The van der Waals surface area contributed by atoms with E-state index in [2.05, 4.69) is 4.98 Å². The SMILES string of the molecule is CC1c2c(c(=O)[nH]c(=O)n2C2CC2)C(N)=C(F)C1N1CCC(C(N)CC(F)(F)F)C1. The lowest BCUT2D eigenvalue weighted by Gasteiger charge is -2.37. The van der Waals surface area contributed by atoms with Crippen LogP contribution in [0.4, 0.5) is 17.6 Å². The third-order valence-electron chi connectivity index (χ3n) is 6.51. The highest BCUT2D eigenvalue weighted by Crippen LogP contribution is 2.44. The number of nitrogens with zero attached hydrogens (tertiary/aromatic N) is 2. The minimum atomic E-state index is -4.36. The van der Waals surface area contributed by atoms with E-state index in [1.54, 1.807) is 11.8 Å². The zero-order valence-electron chi connectivity index (χ0n) is 16.5. The zero-order valence-corrected chi connectivity index (χ0v) is 16.5. The molecular formula is C19H25F4N5O2. The van der Waals surface area contributed by atoms with E-state index in [-0.39, 0.29) is 23.8 Å². The van der Waals surface area contributed by atoms with Crippen LogP contribution >= 0.6 is 0 Å². The molecule has 2 heterocycles. The predicted molar refractivity (Wildman–Crippen MR) is 102 cm³/mol. The van der Waals surface area contributed by atoms with E-state index in [9.17, 15) is 22.8 Å². The number of hydrogen-bond acceptors (Lipinski definition) is 5. The average molecular weight is 431 g/mol. The van der Waals surface area contributed by atoms with Gasteiger partial charge in [0, 0.05) is 30.2 Å². The van der Waals surface area contributed by atoms with Crippen molar-refractivity contribution < 1.29 is 17.6 Å². The molecule has 1 aromatic rings. The molecule has 5 N–H and O–H groups in total. The zero-order chi connectivity index (χ0) is 22.0. The maximum absolute atomic E-state index is 15.3. The summed E-state index contributed by atoms with van der Waals surface area (Å²) in [5.74, 6) is -1.69. The van der Waals surface area contributed by atoms with Gasteiger partial charge < -0.3 is 11.5 Å². The Bertz CT molecular complexity index is 994. The lowest BCUT2D eigenvalue weighted by Crippen LogP contribution is -2.47. The van der Waals surface area contributed by atoms with Crippen LogP contribution in [0.15, 0.2) is 15.4 Å². The summed E-state index contributed by atoms with van der Waals surface area (Å²) in [6, 6.07) is -1.99. The van der Waals surface area contributed by atoms with Crippen molar-refractivity contribution in [1.29, 1.82) is 0 Å². The number of nitrogens with one attached hydrogen (secondary N) is 1. The molecule has 0 radical (unpaired) electrons. The van der Waals surface area contributed by atoms with Crippen LogP contribution in [0.3, 0.4) is 0 Å². The van der Waals surface area contributed by atoms with E-state index >= 15 is 4.39 Å². The average Bonchev–Trinajstić information content (AvgIpc) is 3.34. The number of halogens is 4. The molecule has 0 amide bonds. The lowest BCUT2D eigenvalue weighted by molar-refractivity contribution is -0.140. The number of alkyl halides is 3. The topological polar surface area (TPSA) is 110 Å². The summed E-state index contributed by atoms with van der Waals surface area (Å²) in [6.45, 7) is 2.27. The highest BCUT2D eigenvalue weighted by atomic mass is 19.4. The predicted octanol–water partition coefficient (Wildman–Crippen LogP) is 1.56. The Morgan fingerprint density at radius 3 is 2.50 bits per heavy atom. The van der Waals surface area contributed by atoms with Crippen molar-refractivity contribution in [3.05, 3.63) is 37.9 Å². The minimum absolute atomic E-state index is 0.0210. The molecule has 1 aliphatic heterocycles. The first-order valence-corrected chi connectivity index (χ1v) is 10.1. The largest absolute Gasteiger partial charge is 0.396 e. The van der Waals surface area contributed by atoms with Crippen LogP contribution in [0.2, 0.25) is 0 Å². The van der Waals surface area contributed by atoms with Crippen molar-refractivity contribution in [3.8, 4) is 0 Å². The van der Waals surface area contributed by atoms with Crippen molar-refractivity contribution in [1.82, 2.24) is 14.5 Å². The summed E-state index contributed by atoms with van der Waals surface area (Å²) in [5.41, 5.74) is 10.6. The second kappa shape index (κ2) is 7.23. The number of fused-ring (bicyclic) bond motifs is 1. The Morgan fingerprint density at radius 1 is 1.23 bits per heavy atom. The fourth-order valence-electron chi connectivity index (χ4n) is 4.94. The molecule has 4 rings (SSSR count). The quantitative estimate of drug-likeness (QED) is 0.627. The van der Waals surface area contributed by atoms with Crippen LogP contribution in [0.25, 0.3) is 5.70 Å². The van der Waals surface area contributed by atoms with Crippen LogP contribution in [0.5, 0.6) is 0 Å². The Labute approximate surface area is 169 Å². The van der Waals surface area contributed by atoms with Gasteiger partial charge in [-0.15, -0.1) is 0 Å². The molecule has 4 atom stereocenters. The molecule has 1 aromatic heterocycles. The maximum atomic E-state index is 15.3. The van der Waals surface area contributed by atoms with Gasteiger partial charge in [-0.25, -0.2) is 9.18 Å². The van der Waals surface area contributed by atoms with Gasteiger partial charge in [-0.1, -0.05) is 6.92 Å². The molecule has 0 bridgehead atoms. The van der Waals surface area contributed by atoms with Crippen LogP contribution in [0.1, 0.15) is 55.8 Å². The fourth-order valence-corrected chi connectivity index (χ4v) is 4.94. The van der Waals surface area contributed by atoms with Crippen molar-refractivity contribution in [2.75, 3.05) is 13.1 Å². The molecule has 30 heavy (non-hydrogen) atoms. The number of rotatable bonds is 4. The Kier molecular flexibility index (Phi) is 5.08. The van der Waals surface area contributed by atoms with E-state index < -0.39 is 53.6 Å². The molecular weight excluding hydrogens is 406 g/mol. The maximum Gasteiger partial charge on any atom is 0.390 e. The number of nitrogens with two attached hydrogens (primary N) is 2. The third-order valence-corrected chi connectivity index (χ3v) is 6.51. The van der Waals surface area contributed by atoms with Crippen LogP contribution in [-0.4, -0.2) is 45.8 Å². The second-order valence-electron chi connectivity index (χ2n) is 8.64. The molecule has 2 aliphatic carbocycles. The number of likely N-dealkylation sites (tertiary alicyclic amines) is 1. The van der Waals surface area contributed by atoms with Crippen molar-refractivity contribution in [2.45, 2.75) is 62.8 Å². The summed E-state index contributed by atoms with van der Waals surface area (Å²) < 4.78 is 54.9. The molecule has 0 spiro atoms. The van der Waals surface area contributed by atoms with Gasteiger partial charge in [0.1, 0.15) is 5.83 Å². The van der Waals surface area contributed by atoms with Gasteiger partial charge in [-0.05, 0) is 31.7 Å². The number of hydrogen-bond donors (Lipinski definition) is 3. The highest BCUT2D eigenvalue weighted by Gasteiger charge is 2.45. The first kappa shape index (κ1) is 21.1. The molecule has 11 heteroatoms. The van der Waals surface area contributed by atoms with Crippen molar-refractivity contribution >= 4 is 5.70 Å². The van der Waals surface area contributed by atoms with Gasteiger partial charge in [0.15, 0.2) is 0 Å². The number of aromatic amines is 1. The van der Waals surface area contributed by atoms with Gasteiger partial charge >= 0.3 is 11.9 Å². The van der Waals surface area contributed by atoms with Gasteiger partial charge in [-0.2, -0.15) is 13.2 Å². The Morgan fingerprint density at radius 2 is 1.90 bits per heavy atom. The van der Waals surface area contributed by atoms with Gasteiger partial charge in [-0.3, -0.25) is 19.2 Å². The molecule has 4 unspecified atom stereocenters. The molecule has 7 nitrogen and oxygen atoms in total. The summed E-state index contributed by atoms with van der Waals surface area (Å²) >= 11 is 0. The molecule has 3 aliphatic rings. The van der Waals surface area contributed by atoms with Gasteiger partial charge in [0.05, 0.1) is 23.7 Å². The standard InChI is InChI=1S/C19H25F4N5O2/c1-8-15-12(17(29)26-18(30)28(15)10-2-3-10)14(25)13(20)16(8)27-5-4-9(7-27)11(24)6-19(21,22)23/h8-11,16H,2-7,24-25H2,1H3,(H,26,29,30). The van der Waals surface area contributed by atoms with Gasteiger partial charge in [0.2, 0.25) is 0 Å². The van der Waals surface area contributed by atoms with E-state index in [1.165, 1.54) is 4.57 Å². The molecule has 2 fully saturated rings. The number of H-pyrrole nitrogens is 1. The van der Waals surface area contributed by atoms with Crippen LogP contribution in [0, 0.1) is 5.92 Å². The number of aromatic nitrogens is 2. The fraction of sp³-hybridized carbons (Fsp3) is 0.684.